The number of aromatic nitrogens is 1. The minimum absolute atomic E-state index is 0.300. The van der Waals surface area contributed by atoms with Crippen molar-refractivity contribution in [2.24, 2.45) is 0 Å². The molecule has 0 spiro atoms. The van der Waals surface area contributed by atoms with E-state index in [4.69, 9.17) is 14.2 Å². The predicted molar refractivity (Wildman–Crippen MR) is 182 cm³/mol. The zero-order chi connectivity index (χ0) is 32.1. The second-order valence-electron chi connectivity index (χ2n) is 11.7. The van der Waals surface area contributed by atoms with Gasteiger partial charge in [-0.25, -0.2) is 9.59 Å². The summed E-state index contributed by atoms with van der Waals surface area (Å²) < 4.78 is 16.6. The summed E-state index contributed by atoms with van der Waals surface area (Å²) in [5.41, 5.74) is 4.10. The Morgan fingerprint density at radius 2 is 1.29 bits per heavy atom. The first-order valence-electron chi connectivity index (χ1n) is 16.8. The van der Waals surface area contributed by atoms with Crippen LogP contribution in [0.2, 0.25) is 0 Å². The minimum Gasteiger partial charge on any atom is -0.494 e. The monoisotopic (exact) mass is 613 g/mol. The second kappa shape index (κ2) is 20.9. The molecule has 0 saturated heterocycles. The van der Waals surface area contributed by atoms with Gasteiger partial charge in [0.25, 0.3) is 0 Å². The molecule has 242 valence electrons. The fraction of sp³-hybridized carbons (Fsp3) is 0.462. The molecule has 0 fully saturated rings. The van der Waals surface area contributed by atoms with Crippen LogP contribution in [0.5, 0.6) is 11.5 Å². The molecule has 0 N–H and O–H groups in total. The molecule has 0 bridgehead atoms. The van der Waals surface area contributed by atoms with Crippen LogP contribution in [0.3, 0.4) is 0 Å². The van der Waals surface area contributed by atoms with Crippen LogP contribution in [-0.4, -0.2) is 30.1 Å². The number of unbranched alkanes of at least 4 members (excludes halogenated alkanes) is 11. The summed E-state index contributed by atoms with van der Waals surface area (Å²) in [6, 6.07) is 18.8. The maximum atomic E-state index is 12.7. The molecule has 45 heavy (non-hydrogen) atoms. The minimum atomic E-state index is -0.399. The molecule has 3 rings (SSSR count). The molecule has 6 heteroatoms. The van der Waals surface area contributed by atoms with Gasteiger partial charge in [0.15, 0.2) is 0 Å². The van der Waals surface area contributed by atoms with Crippen LogP contribution < -0.4 is 9.47 Å². The molecule has 0 aliphatic heterocycles. The Hall–Kier alpha value is -3.93. The number of esters is 2. The number of hydrogen-bond acceptors (Lipinski definition) is 6. The molecule has 0 atom stereocenters. The maximum Gasteiger partial charge on any atom is 0.343 e. The van der Waals surface area contributed by atoms with Gasteiger partial charge in [-0.05, 0) is 92.8 Å². The highest BCUT2D eigenvalue weighted by Gasteiger charge is 2.10. The summed E-state index contributed by atoms with van der Waals surface area (Å²) in [5.74, 6) is 0.546. The highest BCUT2D eigenvalue weighted by molar-refractivity contribution is 5.91. The van der Waals surface area contributed by atoms with E-state index in [0.717, 1.165) is 55.5 Å². The summed E-state index contributed by atoms with van der Waals surface area (Å²) in [6.45, 7) is 8.62. The van der Waals surface area contributed by atoms with Crippen molar-refractivity contribution >= 4 is 11.9 Å². The van der Waals surface area contributed by atoms with E-state index in [2.05, 4.69) is 30.6 Å². The zero-order valence-electron chi connectivity index (χ0n) is 27.4. The first-order chi connectivity index (χ1) is 22.0. The number of aryl methyl sites for hydroxylation is 1. The number of benzene rings is 2. The lowest BCUT2D eigenvalue weighted by atomic mass is 10.1. The summed E-state index contributed by atoms with van der Waals surface area (Å²) in [6.07, 6.45) is 18.3. The lowest BCUT2D eigenvalue weighted by Gasteiger charge is -2.08. The maximum absolute atomic E-state index is 12.7. The number of pyridine rings is 1. The highest BCUT2D eigenvalue weighted by atomic mass is 16.5. The van der Waals surface area contributed by atoms with Crippen molar-refractivity contribution in [1.29, 1.82) is 0 Å². The van der Waals surface area contributed by atoms with Crippen LogP contribution in [0, 0.1) is 0 Å². The van der Waals surface area contributed by atoms with Crippen LogP contribution in [0.1, 0.15) is 113 Å². The van der Waals surface area contributed by atoms with Gasteiger partial charge in [-0.15, -0.1) is 0 Å². The number of carbonyl (C=O) groups is 2. The molecular formula is C39H51NO5. The standard InChI is InChI=1S/C39H51NO5/c1-4-5-6-11-14-17-32-18-27-37(40-30-32)33-19-25-36(26-20-33)45-39(42)34-21-23-35(24-22-34)43-28-15-12-9-7-8-10-13-16-29-44-38(41)31(2)3/h18-27,30H,2,4-17,28-29H2,1,3H3. The van der Waals surface area contributed by atoms with Gasteiger partial charge in [-0.3, -0.25) is 4.98 Å². The van der Waals surface area contributed by atoms with E-state index < -0.39 is 5.97 Å². The first-order valence-corrected chi connectivity index (χ1v) is 16.8. The predicted octanol–water partition coefficient (Wildman–Crippen LogP) is 10.1. The fourth-order valence-corrected chi connectivity index (χ4v) is 4.97. The Bertz CT molecular complexity index is 1280. The normalized spacial score (nSPS) is 10.8. The number of rotatable bonds is 22. The van der Waals surface area contributed by atoms with Crippen molar-refractivity contribution in [2.75, 3.05) is 13.2 Å². The smallest absolute Gasteiger partial charge is 0.343 e. The lowest BCUT2D eigenvalue weighted by molar-refractivity contribution is -0.139. The zero-order valence-corrected chi connectivity index (χ0v) is 27.4. The molecule has 1 aromatic heterocycles. The van der Waals surface area contributed by atoms with Crippen molar-refractivity contribution in [2.45, 2.75) is 104 Å². The molecule has 0 aliphatic rings. The van der Waals surface area contributed by atoms with E-state index in [-0.39, 0.29) is 5.97 Å². The Morgan fingerprint density at radius 1 is 0.689 bits per heavy atom. The molecule has 0 unspecified atom stereocenters. The highest BCUT2D eigenvalue weighted by Crippen LogP contribution is 2.23. The van der Waals surface area contributed by atoms with Gasteiger partial charge >= 0.3 is 11.9 Å². The summed E-state index contributed by atoms with van der Waals surface area (Å²) in [7, 11) is 0. The molecule has 1 heterocycles. The molecule has 6 nitrogen and oxygen atoms in total. The van der Waals surface area contributed by atoms with Crippen molar-refractivity contribution in [1.82, 2.24) is 4.98 Å². The van der Waals surface area contributed by atoms with Crippen molar-refractivity contribution in [3.8, 4) is 22.8 Å². The largest absolute Gasteiger partial charge is 0.494 e. The van der Waals surface area contributed by atoms with E-state index in [1.54, 1.807) is 31.2 Å². The Kier molecular flexibility index (Phi) is 16.5. The number of ether oxygens (including phenoxy) is 3. The Morgan fingerprint density at radius 3 is 1.91 bits per heavy atom. The van der Waals surface area contributed by atoms with E-state index >= 15 is 0 Å². The average molecular weight is 614 g/mol. The van der Waals surface area contributed by atoms with Crippen LogP contribution in [-0.2, 0) is 16.0 Å². The molecule has 0 saturated carbocycles. The average Bonchev–Trinajstić information content (AvgIpc) is 3.06. The van der Waals surface area contributed by atoms with Crippen molar-refractivity contribution < 1.29 is 23.8 Å². The molecule has 0 radical (unpaired) electrons. The van der Waals surface area contributed by atoms with Gasteiger partial charge in [-0.1, -0.05) is 83.8 Å². The molecule has 3 aromatic rings. The fourth-order valence-electron chi connectivity index (χ4n) is 4.97. The SMILES string of the molecule is C=C(C)C(=O)OCCCCCCCCCCOc1ccc(C(=O)Oc2ccc(-c3ccc(CCCCCCC)cn3)cc2)cc1. The third-order valence-corrected chi connectivity index (χ3v) is 7.73. The molecule has 0 amide bonds. The summed E-state index contributed by atoms with van der Waals surface area (Å²) in [5, 5.41) is 0. The van der Waals surface area contributed by atoms with Crippen LogP contribution in [0.4, 0.5) is 0 Å². The number of hydrogen-bond donors (Lipinski definition) is 0. The van der Waals surface area contributed by atoms with Crippen LogP contribution >= 0.6 is 0 Å². The van der Waals surface area contributed by atoms with Crippen molar-refractivity contribution in [3.05, 3.63) is 90.1 Å². The second-order valence-corrected chi connectivity index (χ2v) is 11.7. The quantitative estimate of drug-likeness (QED) is 0.0486. The van der Waals surface area contributed by atoms with Crippen molar-refractivity contribution in [3.63, 3.8) is 0 Å². The van der Waals surface area contributed by atoms with E-state index in [1.165, 1.54) is 56.9 Å². The molecular weight excluding hydrogens is 562 g/mol. The first kappa shape index (κ1) is 35.5. The van der Waals surface area contributed by atoms with Crippen LogP contribution in [0.15, 0.2) is 79.0 Å². The van der Waals surface area contributed by atoms with E-state index in [1.807, 2.05) is 30.5 Å². The lowest BCUT2D eigenvalue weighted by Crippen LogP contribution is -2.08. The molecule has 2 aromatic carbocycles. The van der Waals surface area contributed by atoms with Gasteiger partial charge in [0, 0.05) is 17.3 Å². The van der Waals surface area contributed by atoms with Crippen LogP contribution in [0.25, 0.3) is 11.3 Å². The summed E-state index contributed by atoms with van der Waals surface area (Å²) in [4.78, 5) is 28.6. The number of nitrogens with zero attached hydrogens (tertiary/aromatic N) is 1. The van der Waals surface area contributed by atoms with E-state index in [9.17, 15) is 9.59 Å². The third-order valence-electron chi connectivity index (χ3n) is 7.73. The number of carbonyl (C=O) groups excluding carboxylic acids is 2. The van der Waals surface area contributed by atoms with Gasteiger partial charge in [0.1, 0.15) is 11.5 Å². The van der Waals surface area contributed by atoms with Gasteiger partial charge in [0.05, 0.1) is 24.5 Å². The molecule has 0 aliphatic carbocycles. The Labute approximate surface area is 270 Å². The topological polar surface area (TPSA) is 74.7 Å². The summed E-state index contributed by atoms with van der Waals surface area (Å²) >= 11 is 0. The van der Waals surface area contributed by atoms with Gasteiger partial charge in [0.2, 0.25) is 0 Å². The third kappa shape index (κ3) is 14.1. The Balaban J connectivity index is 1.27. The van der Waals surface area contributed by atoms with Gasteiger partial charge in [-0.2, -0.15) is 0 Å². The van der Waals surface area contributed by atoms with Gasteiger partial charge < -0.3 is 14.2 Å². The van der Waals surface area contributed by atoms with E-state index in [0.29, 0.717) is 30.1 Å².